The average Bonchev–Trinajstić information content (AvgIpc) is 2.89. The molecule has 2 heterocycles. The van der Waals surface area contributed by atoms with Crippen LogP contribution in [0.25, 0.3) is 16.3 Å². The molecule has 0 amide bonds. The minimum Gasteiger partial charge on any atom is -0.466 e. The molecule has 2 aromatic carbocycles. The number of hydrogen-bond acceptors (Lipinski definition) is 5. The Labute approximate surface area is 159 Å². The predicted molar refractivity (Wildman–Crippen MR) is 104 cm³/mol. The Bertz CT molecular complexity index is 891. The van der Waals surface area contributed by atoms with Gasteiger partial charge in [-0.2, -0.15) is 0 Å². The Hall–Kier alpha value is -2.21. The van der Waals surface area contributed by atoms with Crippen molar-refractivity contribution in [1.29, 1.82) is 0 Å². The van der Waals surface area contributed by atoms with E-state index >= 15 is 0 Å². The molecule has 0 aliphatic carbocycles. The first-order chi connectivity index (χ1) is 13.1. The van der Waals surface area contributed by atoms with Gasteiger partial charge in [0.15, 0.2) is 0 Å². The zero-order chi connectivity index (χ0) is 19.0. The number of rotatable bonds is 5. The Balaban J connectivity index is 1.82. The van der Waals surface area contributed by atoms with Crippen LogP contribution < -0.4 is 0 Å². The molecule has 5 nitrogen and oxygen atoms in total. The van der Waals surface area contributed by atoms with E-state index in [0.717, 1.165) is 24.0 Å². The lowest BCUT2D eigenvalue weighted by Crippen LogP contribution is -2.44. The molecule has 142 valence electrons. The SMILES string of the molecule is COCO[C@@H]1C[C@H]2CC(c3ccc4ccccc4c3)=C(C(=O)OC)[C@@H]1N2C. The third-order valence-electron chi connectivity index (χ3n) is 5.84. The van der Waals surface area contributed by atoms with E-state index < -0.39 is 0 Å². The van der Waals surface area contributed by atoms with Gasteiger partial charge in [0, 0.05) is 13.2 Å². The minimum absolute atomic E-state index is 0.0768. The van der Waals surface area contributed by atoms with Gasteiger partial charge >= 0.3 is 5.97 Å². The van der Waals surface area contributed by atoms with Crippen molar-refractivity contribution in [3.8, 4) is 0 Å². The molecule has 2 aliphatic rings. The van der Waals surface area contributed by atoms with Crippen molar-refractivity contribution in [1.82, 2.24) is 4.90 Å². The number of ether oxygens (including phenoxy) is 3. The van der Waals surface area contributed by atoms with E-state index in [9.17, 15) is 4.79 Å². The standard InChI is InChI=1S/C22H25NO4/c1-23-17-11-18(16-9-8-14-6-4-5-7-15(14)10-16)20(22(24)26-3)21(23)19(12-17)27-13-25-2/h4-10,17,19,21H,11-13H2,1-3H3/t17-,19-,21-/m1/s1. The molecule has 1 fully saturated rings. The molecule has 4 rings (SSSR count). The third kappa shape index (κ3) is 3.16. The summed E-state index contributed by atoms with van der Waals surface area (Å²) in [5.74, 6) is -0.277. The number of benzene rings is 2. The Kier molecular flexibility index (Phi) is 5.00. The topological polar surface area (TPSA) is 48.0 Å². The first kappa shape index (κ1) is 18.2. The maximum Gasteiger partial charge on any atom is 0.335 e. The molecule has 1 saturated heterocycles. The molecule has 0 spiro atoms. The maximum absolute atomic E-state index is 12.8. The van der Waals surface area contributed by atoms with Crippen LogP contribution >= 0.6 is 0 Å². The lowest BCUT2D eigenvalue weighted by molar-refractivity contribution is -0.138. The van der Waals surface area contributed by atoms with Gasteiger partial charge in [-0.05, 0) is 47.9 Å². The van der Waals surface area contributed by atoms with Crippen LogP contribution in [0.15, 0.2) is 48.0 Å². The number of hydrogen-bond donors (Lipinski definition) is 0. The van der Waals surface area contributed by atoms with E-state index in [0.29, 0.717) is 11.6 Å². The van der Waals surface area contributed by atoms with Crippen molar-refractivity contribution in [2.75, 3.05) is 28.1 Å². The normalized spacial score (nSPS) is 25.2. The molecule has 2 aliphatic heterocycles. The number of methoxy groups -OCH3 is 2. The van der Waals surface area contributed by atoms with Crippen LogP contribution in [0.2, 0.25) is 0 Å². The Morgan fingerprint density at radius 1 is 1.15 bits per heavy atom. The number of fused-ring (bicyclic) bond motifs is 3. The summed E-state index contributed by atoms with van der Waals surface area (Å²) in [5, 5.41) is 2.36. The number of nitrogens with zero attached hydrogens (tertiary/aromatic N) is 1. The molecule has 0 unspecified atom stereocenters. The molecular weight excluding hydrogens is 342 g/mol. The first-order valence-corrected chi connectivity index (χ1v) is 9.27. The summed E-state index contributed by atoms with van der Waals surface area (Å²) in [4.78, 5) is 15.0. The molecule has 0 saturated carbocycles. The zero-order valence-corrected chi connectivity index (χ0v) is 16.0. The fraction of sp³-hybridized carbons (Fsp3) is 0.409. The first-order valence-electron chi connectivity index (χ1n) is 9.27. The van der Waals surface area contributed by atoms with Gasteiger partial charge < -0.3 is 14.2 Å². The van der Waals surface area contributed by atoms with Gasteiger partial charge in [-0.1, -0.05) is 36.4 Å². The average molecular weight is 367 g/mol. The van der Waals surface area contributed by atoms with Crippen molar-refractivity contribution in [3.63, 3.8) is 0 Å². The highest BCUT2D eigenvalue weighted by atomic mass is 16.7. The molecule has 0 radical (unpaired) electrons. The van der Waals surface area contributed by atoms with E-state index in [2.05, 4.69) is 42.3 Å². The Morgan fingerprint density at radius 3 is 2.67 bits per heavy atom. The van der Waals surface area contributed by atoms with Gasteiger partial charge in [-0.25, -0.2) is 4.79 Å². The highest BCUT2D eigenvalue weighted by molar-refractivity contribution is 6.01. The fourth-order valence-corrected chi connectivity index (χ4v) is 4.51. The second-order valence-corrected chi connectivity index (χ2v) is 7.26. The maximum atomic E-state index is 12.8. The van der Waals surface area contributed by atoms with Crippen molar-refractivity contribution >= 4 is 22.3 Å². The van der Waals surface area contributed by atoms with Gasteiger partial charge in [0.1, 0.15) is 6.79 Å². The lowest BCUT2D eigenvalue weighted by atomic mass is 9.87. The summed E-state index contributed by atoms with van der Waals surface area (Å²) in [7, 11) is 5.12. The van der Waals surface area contributed by atoms with Gasteiger partial charge in [-0.15, -0.1) is 0 Å². The summed E-state index contributed by atoms with van der Waals surface area (Å²) in [6, 6.07) is 14.9. The molecule has 2 bridgehead atoms. The van der Waals surface area contributed by atoms with Crippen LogP contribution in [-0.2, 0) is 19.0 Å². The molecule has 0 aromatic heterocycles. The number of carbonyl (C=O) groups excluding carboxylic acids is 1. The highest BCUT2D eigenvalue weighted by Crippen LogP contribution is 2.44. The van der Waals surface area contributed by atoms with Crippen molar-refractivity contribution < 1.29 is 19.0 Å². The van der Waals surface area contributed by atoms with Gasteiger partial charge in [-0.3, -0.25) is 4.90 Å². The Morgan fingerprint density at radius 2 is 1.93 bits per heavy atom. The second-order valence-electron chi connectivity index (χ2n) is 7.26. The molecule has 0 N–H and O–H groups in total. The second kappa shape index (κ2) is 7.43. The number of carbonyl (C=O) groups is 1. The van der Waals surface area contributed by atoms with E-state index in [1.807, 2.05) is 12.1 Å². The van der Waals surface area contributed by atoms with Crippen LogP contribution in [0.4, 0.5) is 0 Å². The van der Waals surface area contributed by atoms with Gasteiger partial charge in [0.2, 0.25) is 0 Å². The van der Waals surface area contributed by atoms with E-state index in [1.54, 1.807) is 7.11 Å². The van der Waals surface area contributed by atoms with E-state index in [4.69, 9.17) is 14.2 Å². The molecule has 3 atom stereocenters. The molecule has 5 heteroatoms. The van der Waals surface area contributed by atoms with Crippen LogP contribution in [0.3, 0.4) is 0 Å². The van der Waals surface area contributed by atoms with Crippen molar-refractivity contribution in [2.24, 2.45) is 0 Å². The van der Waals surface area contributed by atoms with Crippen LogP contribution in [0.1, 0.15) is 18.4 Å². The van der Waals surface area contributed by atoms with Crippen molar-refractivity contribution in [3.05, 3.63) is 53.6 Å². The summed E-state index contributed by atoms with van der Waals surface area (Å²) >= 11 is 0. The molecule has 27 heavy (non-hydrogen) atoms. The summed E-state index contributed by atoms with van der Waals surface area (Å²) in [6.45, 7) is 0.224. The zero-order valence-electron chi connectivity index (χ0n) is 16.0. The van der Waals surface area contributed by atoms with Crippen molar-refractivity contribution in [2.45, 2.75) is 31.0 Å². The highest BCUT2D eigenvalue weighted by Gasteiger charge is 2.48. The predicted octanol–water partition coefficient (Wildman–Crippen LogP) is 3.23. The van der Waals surface area contributed by atoms with Crippen LogP contribution in [-0.4, -0.2) is 57.1 Å². The monoisotopic (exact) mass is 367 g/mol. The van der Waals surface area contributed by atoms with E-state index in [-0.39, 0.29) is 24.9 Å². The third-order valence-corrected chi connectivity index (χ3v) is 5.84. The largest absolute Gasteiger partial charge is 0.466 e. The quantitative estimate of drug-likeness (QED) is 0.600. The summed E-state index contributed by atoms with van der Waals surface area (Å²) in [5.41, 5.74) is 2.87. The van der Waals surface area contributed by atoms with E-state index in [1.165, 1.54) is 17.9 Å². The van der Waals surface area contributed by atoms with Crippen LogP contribution in [0, 0.1) is 0 Å². The minimum atomic E-state index is -0.277. The fourth-order valence-electron chi connectivity index (χ4n) is 4.51. The molecule has 2 aromatic rings. The number of likely N-dealkylation sites (N-methyl/N-ethyl adjacent to an activating group) is 1. The number of esters is 1. The smallest absolute Gasteiger partial charge is 0.335 e. The molecular formula is C22H25NO4. The lowest BCUT2D eigenvalue weighted by Gasteiger charge is -2.35. The summed E-state index contributed by atoms with van der Waals surface area (Å²) in [6.07, 6.45) is 1.61. The van der Waals surface area contributed by atoms with Crippen LogP contribution in [0.5, 0.6) is 0 Å². The van der Waals surface area contributed by atoms with Gasteiger partial charge in [0.25, 0.3) is 0 Å². The summed E-state index contributed by atoms with van der Waals surface area (Å²) < 4.78 is 16.2. The van der Waals surface area contributed by atoms with Gasteiger partial charge in [0.05, 0.1) is 24.8 Å².